The van der Waals surface area contributed by atoms with Gasteiger partial charge in [-0.15, -0.1) is 4.68 Å². The predicted octanol–water partition coefficient (Wildman–Crippen LogP) is 0.776. The van der Waals surface area contributed by atoms with Gasteiger partial charge in [-0.05, 0) is 23.0 Å². The summed E-state index contributed by atoms with van der Waals surface area (Å²) in [5.74, 6) is -0.658. The molecule has 0 fully saturated rings. The first-order valence-electron chi connectivity index (χ1n) is 6.07. The number of carbonyl (C=O) groups is 1. The molecule has 1 aromatic carbocycles. The van der Waals surface area contributed by atoms with Crippen LogP contribution in [-0.2, 0) is 17.8 Å². The van der Waals surface area contributed by atoms with E-state index in [0.717, 1.165) is 28.7 Å². The highest BCUT2D eigenvalue weighted by Crippen LogP contribution is 2.27. The Bertz CT molecular complexity index is 681. The SMILES string of the molecule is O=C(Cn1ncnc1[N+](=O)[O-])N1CCc2ccccc21. The van der Waals surface area contributed by atoms with Gasteiger partial charge < -0.3 is 15.0 Å². The molecular formula is C12H11N5O3. The van der Waals surface area contributed by atoms with Crippen molar-refractivity contribution in [3.05, 3.63) is 46.3 Å². The summed E-state index contributed by atoms with van der Waals surface area (Å²) >= 11 is 0. The third-order valence-corrected chi connectivity index (χ3v) is 3.23. The van der Waals surface area contributed by atoms with Gasteiger partial charge in [0.15, 0.2) is 6.54 Å². The lowest BCUT2D eigenvalue weighted by Gasteiger charge is -2.16. The third kappa shape index (κ3) is 2.00. The normalized spacial score (nSPS) is 13.3. The highest BCUT2D eigenvalue weighted by atomic mass is 16.6. The van der Waals surface area contributed by atoms with Crippen LogP contribution in [-0.4, -0.2) is 32.1 Å². The van der Waals surface area contributed by atoms with Gasteiger partial charge in [-0.1, -0.05) is 28.3 Å². The Morgan fingerprint density at radius 3 is 3.00 bits per heavy atom. The van der Waals surface area contributed by atoms with Crippen molar-refractivity contribution in [1.29, 1.82) is 0 Å². The lowest BCUT2D eigenvalue weighted by Crippen LogP contribution is -2.32. The molecule has 0 aliphatic carbocycles. The predicted molar refractivity (Wildman–Crippen MR) is 69.2 cm³/mol. The zero-order chi connectivity index (χ0) is 14.1. The minimum atomic E-state index is -0.655. The molecule has 2 aromatic rings. The van der Waals surface area contributed by atoms with Gasteiger partial charge in [0, 0.05) is 12.2 Å². The summed E-state index contributed by atoms with van der Waals surface area (Å²) in [5.41, 5.74) is 1.97. The van der Waals surface area contributed by atoms with E-state index < -0.39 is 10.9 Å². The Kier molecular flexibility index (Phi) is 2.90. The van der Waals surface area contributed by atoms with Gasteiger partial charge in [-0.25, -0.2) is 0 Å². The zero-order valence-electron chi connectivity index (χ0n) is 10.5. The summed E-state index contributed by atoms with van der Waals surface area (Å²) in [7, 11) is 0. The van der Waals surface area contributed by atoms with Crippen molar-refractivity contribution in [3.63, 3.8) is 0 Å². The van der Waals surface area contributed by atoms with Gasteiger partial charge in [0.1, 0.15) is 0 Å². The number of hydrogen-bond donors (Lipinski definition) is 0. The van der Waals surface area contributed by atoms with Crippen LogP contribution in [0.15, 0.2) is 30.6 Å². The van der Waals surface area contributed by atoms with E-state index in [2.05, 4.69) is 10.1 Å². The summed E-state index contributed by atoms with van der Waals surface area (Å²) in [5, 5.41) is 14.5. The van der Waals surface area contributed by atoms with E-state index in [4.69, 9.17) is 0 Å². The van der Waals surface area contributed by atoms with Crippen molar-refractivity contribution in [3.8, 4) is 0 Å². The van der Waals surface area contributed by atoms with E-state index >= 15 is 0 Å². The molecule has 0 radical (unpaired) electrons. The number of aromatic nitrogens is 3. The Morgan fingerprint density at radius 2 is 2.20 bits per heavy atom. The van der Waals surface area contributed by atoms with Gasteiger partial charge in [-0.2, -0.15) is 0 Å². The molecule has 20 heavy (non-hydrogen) atoms. The molecule has 2 heterocycles. The van der Waals surface area contributed by atoms with E-state index in [1.165, 1.54) is 0 Å². The molecule has 3 rings (SSSR count). The largest absolute Gasteiger partial charge is 0.456 e. The number of rotatable bonds is 3. The lowest BCUT2D eigenvalue weighted by molar-refractivity contribution is -0.397. The van der Waals surface area contributed by atoms with Gasteiger partial charge in [-0.3, -0.25) is 4.79 Å². The monoisotopic (exact) mass is 273 g/mol. The van der Waals surface area contributed by atoms with Crippen molar-refractivity contribution >= 4 is 17.5 Å². The molecule has 0 saturated heterocycles. The number of anilines is 1. The van der Waals surface area contributed by atoms with Gasteiger partial charge in [0.25, 0.3) is 5.91 Å². The average Bonchev–Trinajstić information content (AvgIpc) is 3.04. The molecule has 0 unspecified atom stereocenters. The van der Waals surface area contributed by atoms with E-state index in [1.807, 2.05) is 24.3 Å². The minimum absolute atomic E-state index is 0.190. The Labute approximate surface area is 113 Å². The van der Waals surface area contributed by atoms with Gasteiger partial charge >= 0.3 is 5.95 Å². The highest BCUT2D eigenvalue weighted by Gasteiger charge is 2.27. The Balaban J connectivity index is 1.81. The molecule has 1 amide bonds. The average molecular weight is 273 g/mol. The van der Waals surface area contributed by atoms with Crippen molar-refractivity contribution < 1.29 is 9.72 Å². The first-order valence-corrected chi connectivity index (χ1v) is 6.07. The highest BCUT2D eigenvalue weighted by molar-refractivity contribution is 5.95. The van der Waals surface area contributed by atoms with E-state index in [9.17, 15) is 14.9 Å². The Hall–Kier alpha value is -2.77. The van der Waals surface area contributed by atoms with Crippen LogP contribution in [0.5, 0.6) is 0 Å². The number of para-hydroxylation sites is 1. The van der Waals surface area contributed by atoms with Crippen molar-refractivity contribution in [1.82, 2.24) is 14.8 Å². The van der Waals surface area contributed by atoms with Crippen LogP contribution < -0.4 is 4.90 Å². The maximum atomic E-state index is 12.3. The molecule has 0 saturated carbocycles. The maximum absolute atomic E-state index is 12.3. The van der Waals surface area contributed by atoms with Gasteiger partial charge in [0.2, 0.25) is 6.33 Å². The smallest absolute Gasteiger partial charge is 0.390 e. The molecular weight excluding hydrogens is 262 g/mol. The number of nitro groups is 1. The molecule has 0 spiro atoms. The van der Waals surface area contributed by atoms with Crippen molar-refractivity contribution in [2.45, 2.75) is 13.0 Å². The second-order valence-electron chi connectivity index (χ2n) is 4.40. The van der Waals surface area contributed by atoms with Crippen LogP contribution in [0.1, 0.15) is 5.56 Å². The number of benzene rings is 1. The van der Waals surface area contributed by atoms with E-state index in [1.54, 1.807) is 4.90 Å². The number of amides is 1. The first kappa shape index (κ1) is 12.3. The molecule has 0 N–H and O–H groups in total. The quantitative estimate of drug-likeness (QED) is 0.608. The fourth-order valence-corrected chi connectivity index (χ4v) is 2.32. The summed E-state index contributed by atoms with van der Waals surface area (Å²) < 4.78 is 1.00. The van der Waals surface area contributed by atoms with Gasteiger partial charge in [0.05, 0.1) is 0 Å². The van der Waals surface area contributed by atoms with Crippen LogP contribution in [0, 0.1) is 10.1 Å². The van der Waals surface area contributed by atoms with E-state index in [-0.39, 0.29) is 12.5 Å². The molecule has 1 aliphatic heterocycles. The third-order valence-electron chi connectivity index (χ3n) is 3.23. The van der Waals surface area contributed by atoms with Crippen molar-refractivity contribution in [2.24, 2.45) is 0 Å². The number of nitrogens with zero attached hydrogens (tertiary/aromatic N) is 5. The summed E-state index contributed by atoms with van der Waals surface area (Å²) in [6.07, 6.45) is 1.87. The minimum Gasteiger partial charge on any atom is -0.390 e. The molecule has 1 aromatic heterocycles. The second-order valence-corrected chi connectivity index (χ2v) is 4.40. The van der Waals surface area contributed by atoms with Crippen molar-refractivity contribution in [2.75, 3.05) is 11.4 Å². The summed E-state index contributed by atoms with van der Waals surface area (Å²) in [6.45, 7) is 0.394. The fourth-order valence-electron chi connectivity index (χ4n) is 2.32. The second kappa shape index (κ2) is 4.72. The number of hydrogen-bond acceptors (Lipinski definition) is 5. The van der Waals surface area contributed by atoms with Crippen LogP contribution in [0.2, 0.25) is 0 Å². The summed E-state index contributed by atoms with van der Waals surface area (Å²) in [6, 6.07) is 7.63. The topological polar surface area (TPSA) is 94.2 Å². The first-order chi connectivity index (χ1) is 9.66. The summed E-state index contributed by atoms with van der Waals surface area (Å²) in [4.78, 5) is 27.5. The fraction of sp³-hybridized carbons (Fsp3) is 0.250. The van der Waals surface area contributed by atoms with Crippen LogP contribution >= 0.6 is 0 Å². The zero-order valence-corrected chi connectivity index (χ0v) is 10.5. The van der Waals surface area contributed by atoms with Crippen LogP contribution in [0.3, 0.4) is 0 Å². The standard InChI is InChI=1S/C12H11N5O3/c18-11(7-16-12(17(19)20)13-8-14-16)15-6-5-9-3-1-2-4-10(9)15/h1-4,8H,5-7H2. The number of fused-ring (bicyclic) bond motifs is 1. The molecule has 0 atom stereocenters. The molecule has 102 valence electrons. The molecule has 8 nitrogen and oxygen atoms in total. The van der Waals surface area contributed by atoms with E-state index in [0.29, 0.717) is 6.54 Å². The molecule has 0 bridgehead atoms. The number of carbonyl (C=O) groups excluding carboxylic acids is 1. The lowest BCUT2D eigenvalue weighted by atomic mass is 10.2. The molecule has 1 aliphatic rings. The van der Waals surface area contributed by atoms with Crippen LogP contribution in [0.4, 0.5) is 11.6 Å². The van der Waals surface area contributed by atoms with Crippen LogP contribution in [0.25, 0.3) is 0 Å². The maximum Gasteiger partial charge on any atom is 0.456 e. The Morgan fingerprint density at radius 1 is 1.40 bits per heavy atom. The molecule has 8 heteroatoms.